The molecule has 0 radical (unpaired) electrons. The summed E-state index contributed by atoms with van der Waals surface area (Å²) >= 11 is 0. The second-order valence-electron chi connectivity index (χ2n) is 3.55. The Hall–Kier alpha value is -1.91. The second-order valence-corrected chi connectivity index (χ2v) is 3.55. The number of carbonyl (C=O) groups is 2. The summed E-state index contributed by atoms with van der Waals surface area (Å²) in [5, 5.41) is 0. The van der Waals surface area contributed by atoms with Crippen molar-refractivity contribution in [2.75, 3.05) is 17.2 Å². The highest BCUT2D eigenvalue weighted by Gasteiger charge is 2.29. The molecule has 78 valence electrons. The fourth-order valence-electron chi connectivity index (χ4n) is 1.60. The molecule has 0 unspecified atom stereocenters. The van der Waals surface area contributed by atoms with Crippen LogP contribution in [0.3, 0.4) is 0 Å². The number of carbonyl (C=O) groups excluding carboxylic acids is 2. The quantitative estimate of drug-likeness (QED) is 0.668. The van der Waals surface area contributed by atoms with Gasteiger partial charge >= 0.3 is 0 Å². The van der Waals surface area contributed by atoms with E-state index in [4.69, 9.17) is 5.73 Å². The van der Waals surface area contributed by atoms with E-state index in [0.717, 1.165) is 5.69 Å². The summed E-state index contributed by atoms with van der Waals surface area (Å²) in [5.74, 6) is -0.00428. The van der Waals surface area contributed by atoms with E-state index in [1.54, 1.807) is 12.1 Å². The first-order chi connectivity index (χ1) is 7.08. The average Bonchev–Trinajstić information content (AvgIpc) is 2.45. The van der Waals surface area contributed by atoms with Crippen LogP contribution in [0.5, 0.6) is 0 Å². The summed E-state index contributed by atoms with van der Waals surface area (Å²) in [7, 11) is 0. The number of nitrogens with zero attached hydrogens (tertiary/aromatic N) is 2. The molecule has 1 aromatic heterocycles. The van der Waals surface area contributed by atoms with Gasteiger partial charge in [0.1, 0.15) is 5.82 Å². The van der Waals surface area contributed by atoms with Crippen LogP contribution in [0.4, 0.5) is 11.5 Å². The zero-order valence-electron chi connectivity index (χ0n) is 8.36. The summed E-state index contributed by atoms with van der Waals surface area (Å²) in [6.07, 6.45) is -0.0344. The molecule has 15 heavy (non-hydrogen) atoms. The van der Waals surface area contributed by atoms with Crippen molar-refractivity contribution in [1.29, 1.82) is 0 Å². The Morgan fingerprint density at radius 2 is 2.13 bits per heavy atom. The minimum atomic E-state index is -0.211. The monoisotopic (exact) mass is 205 g/mol. The first kappa shape index (κ1) is 9.64. The van der Waals surface area contributed by atoms with Gasteiger partial charge in [0.15, 0.2) is 5.78 Å². The van der Waals surface area contributed by atoms with Crippen LogP contribution in [0.1, 0.15) is 12.1 Å². The highest BCUT2D eigenvalue weighted by molar-refractivity contribution is 6.15. The highest BCUT2D eigenvalue weighted by atomic mass is 16.2. The van der Waals surface area contributed by atoms with Gasteiger partial charge < -0.3 is 10.6 Å². The number of aromatic nitrogens is 1. The minimum absolute atomic E-state index is 0.0344. The number of pyridine rings is 1. The average molecular weight is 205 g/mol. The molecule has 2 N–H and O–H groups in total. The summed E-state index contributed by atoms with van der Waals surface area (Å²) in [5.41, 5.74) is 7.00. The standard InChI is InChI=1S/C10H11N3O2/c1-6-2-3-8(10(11)12-6)13-5-7(14)4-9(13)15/h2-3H,4-5H2,1H3,(H2,11,12). The van der Waals surface area contributed by atoms with Gasteiger partial charge in [0.05, 0.1) is 18.7 Å². The van der Waals surface area contributed by atoms with Crippen LogP contribution in [-0.2, 0) is 9.59 Å². The van der Waals surface area contributed by atoms with E-state index in [9.17, 15) is 9.59 Å². The molecule has 5 heteroatoms. The first-order valence-electron chi connectivity index (χ1n) is 4.63. The molecule has 1 fully saturated rings. The van der Waals surface area contributed by atoms with Gasteiger partial charge in [0.2, 0.25) is 5.91 Å². The Bertz CT molecular complexity index is 442. The largest absolute Gasteiger partial charge is 0.382 e. The van der Waals surface area contributed by atoms with Gasteiger partial charge in [-0.3, -0.25) is 9.59 Å². The summed E-state index contributed by atoms with van der Waals surface area (Å²) in [4.78, 5) is 28.0. The van der Waals surface area contributed by atoms with Gasteiger partial charge in [-0.05, 0) is 19.1 Å². The number of nitrogens with two attached hydrogens (primary N) is 1. The van der Waals surface area contributed by atoms with Crippen LogP contribution >= 0.6 is 0 Å². The van der Waals surface area contributed by atoms with Gasteiger partial charge in [0.25, 0.3) is 0 Å². The Morgan fingerprint density at radius 3 is 2.67 bits per heavy atom. The number of hydrogen-bond acceptors (Lipinski definition) is 4. The molecule has 1 aliphatic rings. The van der Waals surface area contributed by atoms with E-state index < -0.39 is 0 Å². The van der Waals surface area contributed by atoms with Crippen LogP contribution in [0, 0.1) is 6.92 Å². The summed E-state index contributed by atoms with van der Waals surface area (Å²) in [6.45, 7) is 1.92. The predicted molar refractivity (Wildman–Crippen MR) is 55.4 cm³/mol. The lowest BCUT2D eigenvalue weighted by molar-refractivity contribution is -0.121. The van der Waals surface area contributed by atoms with E-state index in [1.807, 2.05) is 6.92 Å². The SMILES string of the molecule is Cc1ccc(N2CC(=O)CC2=O)c(N)n1. The number of amides is 1. The van der Waals surface area contributed by atoms with Crippen LogP contribution in [-0.4, -0.2) is 23.2 Å². The van der Waals surface area contributed by atoms with E-state index in [-0.39, 0.29) is 30.5 Å². The number of nitrogen functional groups attached to an aromatic ring is 1. The van der Waals surface area contributed by atoms with Gasteiger partial charge in [-0.25, -0.2) is 4.98 Å². The molecule has 1 amide bonds. The van der Waals surface area contributed by atoms with Gasteiger partial charge in [-0.2, -0.15) is 0 Å². The predicted octanol–water partition coefficient (Wildman–Crippen LogP) is 0.278. The molecule has 0 spiro atoms. The van der Waals surface area contributed by atoms with E-state index >= 15 is 0 Å². The fraction of sp³-hybridized carbons (Fsp3) is 0.300. The lowest BCUT2D eigenvalue weighted by atomic mass is 10.3. The Morgan fingerprint density at radius 1 is 1.40 bits per heavy atom. The topological polar surface area (TPSA) is 76.3 Å². The number of ketones is 1. The first-order valence-corrected chi connectivity index (χ1v) is 4.63. The smallest absolute Gasteiger partial charge is 0.235 e. The lowest BCUT2D eigenvalue weighted by Gasteiger charge is -2.16. The lowest BCUT2D eigenvalue weighted by Crippen LogP contribution is -2.25. The highest BCUT2D eigenvalue weighted by Crippen LogP contribution is 2.24. The molecule has 5 nitrogen and oxygen atoms in total. The Balaban J connectivity index is 2.38. The molecule has 0 aliphatic carbocycles. The van der Waals surface area contributed by atoms with E-state index in [2.05, 4.69) is 4.98 Å². The van der Waals surface area contributed by atoms with Gasteiger partial charge in [0, 0.05) is 5.69 Å². The molecule has 1 aliphatic heterocycles. The van der Waals surface area contributed by atoms with E-state index in [0.29, 0.717) is 5.69 Å². The number of rotatable bonds is 1. The molecule has 2 heterocycles. The molecule has 1 saturated heterocycles. The molecule has 1 aromatic rings. The molecule has 0 saturated carbocycles. The summed E-state index contributed by atoms with van der Waals surface area (Å²) in [6, 6.07) is 3.48. The van der Waals surface area contributed by atoms with Gasteiger partial charge in [-0.1, -0.05) is 0 Å². The van der Waals surface area contributed by atoms with Crippen LogP contribution in [0.2, 0.25) is 0 Å². The number of aryl methyl sites for hydroxylation is 1. The van der Waals surface area contributed by atoms with Crippen molar-refractivity contribution in [3.8, 4) is 0 Å². The van der Waals surface area contributed by atoms with Crippen molar-refractivity contribution in [2.24, 2.45) is 0 Å². The third-order valence-electron chi connectivity index (χ3n) is 2.32. The van der Waals surface area contributed by atoms with Crippen molar-refractivity contribution in [1.82, 2.24) is 4.98 Å². The minimum Gasteiger partial charge on any atom is -0.382 e. The van der Waals surface area contributed by atoms with Crippen molar-refractivity contribution in [3.05, 3.63) is 17.8 Å². The summed E-state index contributed by atoms with van der Waals surface area (Å²) < 4.78 is 0. The van der Waals surface area contributed by atoms with Gasteiger partial charge in [-0.15, -0.1) is 0 Å². The molecule has 0 bridgehead atoms. The van der Waals surface area contributed by atoms with Crippen LogP contribution < -0.4 is 10.6 Å². The molecule has 2 rings (SSSR count). The zero-order chi connectivity index (χ0) is 11.0. The molecule has 0 aromatic carbocycles. The van der Waals surface area contributed by atoms with Crippen molar-refractivity contribution in [2.45, 2.75) is 13.3 Å². The second kappa shape index (κ2) is 3.34. The van der Waals surface area contributed by atoms with Crippen molar-refractivity contribution in [3.63, 3.8) is 0 Å². The Kier molecular flexibility index (Phi) is 2.15. The normalized spacial score (nSPS) is 16.2. The van der Waals surface area contributed by atoms with Crippen LogP contribution in [0.25, 0.3) is 0 Å². The molecular formula is C10H11N3O2. The maximum Gasteiger partial charge on any atom is 0.235 e. The number of hydrogen-bond donors (Lipinski definition) is 1. The Labute approximate surface area is 86.9 Å². The molecular weight excluding hydrogens is 194 g/mol. The third-order valence-corrected chi connectivity index (χ3v) is 2.32. The number of Topliss-reactive ketones (excluding diaryl/α,β-unsaturated/α-hetero) is 1. The molecule has 0 atom stereocenters. The zero-order valence-corrected chi connectivity index (χ0v) is 8.36. The maximum atomic E-state index is 11.4. The van der Waals surface area contributed by atoms with Crippen molar-refractivity contribution >= 4 is 23.2 Å². The third kappa shape index (κ3) is 1.68. The van der Waals surface area contributed by atoms with Crippen molar-refractivity contribution < 1.29 is 9.59 Å². The maximum absolute atomic E-state index is 11.4. The van der Waals surface area contributed by atoms with E-state index in [1.165, 1.54) is 4.90 Å². The fourth-order valence-corrected chi connectivity index (χ4v) is 1.60. The number of anilines is 2. The van der Waals surface area contributed by atoms with Crippen LogP contribution in [0.15, 0.2) is 12.1 Å².